The molecule has 4 heterocycles. The molecule has 1 aliphatic rings. The van der Waals surface area contributed by atoms with E-state index >= 15 is 0 Å². The van der Waals surface area contributed by atoms with Crippen LogP contribution in [0.2, 0.25) is 6.82 Å². The largest absolute Gasteiger partial charge is 0.434 e. The van der Waals surface area contributed by atoms with Crippen molar-refractivity contribution in [2.45, 2.75) is 20.7 Å². The number of aromatic nitrogens is 2. The van der Waals surface area contributed by atoms with Crippen molar-refractivity contribution in [2.24, 2.45) is 7.05 Å². The molecule has 0 N–H and O–H groups in total. The molecule has 1 aliphatic heterocycles. The third-order valence-electron chi connectivity index (χ3n) is 4.51. The fraction of sp³-hybridized carbons (Fsp3) is 0.222. The van der Waals surface area contributed by atoms with Gasteiger partial charge in [0.15, 0.2) is 5.42 Å². The number of aryl methyl sites for hydroxylation is 2. The van der Waals surface area contributed by atoms with Crippen LogP contribution in [-0.2, 0) is 7.05 Å². The molecule has 3 aromatic heterocycles. The summed E-state index contributed by atoms with van der Waals surface area (Å²) < 4.78 is 8.20. The van der Waals surface area contributed by atoms with Crippen LogP contribution in [-0.4, -0.2) is 11.8 Å². The third-order valence-corrected chi connectivity index (χ3v) is 4.51. The minimum atomic E-state index is 0.248. The topological polar surface area (TPSA) is 33.2 Å². The lowest BCUT2D eigenvalue weighted by atomic mass is 9.61. The second-order valence-electron chi connectivity index (χ2n) is 6.24. The molecule has 0 bridgehead atoms. The van der Waals surface area contributed by atoms with Crippen molar-refractivity contribution in [3.8, 4) is 0 Å². The van der Waals surface area contributed by atoms with Crippen LogP contribution in [0, 0.1) is 6.92 Å². The Bertz CT molecular complexity index is 1040. The standard InChI is InChI=1S/C18H19BN3O/c1-12-7-8-16(21(4)11-12)22-13(2)17-15(10-19(22)3)14-6-5-9-20-18(14)23-17/h5-11H,1-4H3/q+1. The lowest BCUT2D eigenvalue weighted by molar-refractivity contribution is -0.658. The van der Waals surface area contributed by atoms with E-state index < -0.39 is 0 Å². The molecular formula is C18H19BN3O+. The van der Waals surface area contributed by atoms with Crippen molar-refractivity contribution < 1.29 is 8.98 Å². The molecule has 0 radical (unpaired) electrons. The van der Waals surface area contributed by atoms with Gasteiger partial charge in [-0.25, -0.2) is 9.55 Å². The molecule has 4 nitrogen and oxygen atoms in total. The van der Waals surface area contributed by atoms with Crippen LogP contribution in [0.25, 0.3) is 22.8 Å². The molecule has 0 unspecified atom stereocenters. The highest BCUT2D eigenvalue weighted by Gasteiger charge is 2.33. The molecule has 0 amide bonds. The van der Waals surface area contributed by atoms with Gasteiger partial charge in [-0.05, 0) is 44.4 Å². The third kappa shape index (κ3) is 2.07. The van der Waals surface area contributed by atoms with E-state index in [1.807, 2.05) is 6.07 Å². The van der Waals surface area contributed by atoms with Crippen LogP contribution in [0.5, 0.6) is 0 Å². The van der Waals surface area contributed by atoms with Gasteiger partial charge in [-0.3, -0.25) is 4.81 Å². The molecule has 5 heteroatoms. The summed E-state index contributed by atoms with van der Waals surface area (Å²) in [5.74, 6) is 3.41. The van der Waals surface area contributed by atoms with Gasteiger partial charge in [-0.15, -0.1) is 0 Å². The summed E-state index contributed by atoms with van der Waals surface area (Å²) in [6.07, 6.45) is 3.92. The van der Waals surface area contributed by atoms with Gasteiger partial charge in [-0.2, -0.15) is 0 Å². The molecule has 23 heavy (non-hydrogen) atoms. The first kappa shape index (κ1) is 14.1. The van der Waals surface area contributed by atoms with Crippen LogP contribution >= 0.6 is 0 Å². The molecule has 114 valence electrons. The van der Waals surface area contributed by atoms with Crippen LogP contribution < -0.4 is 20.0 Å². The van der Waals surface area contributed by atoms with Gasteiger partial charge in [0, 0.05) is 22.9 Å². The molecule has 0 aromatic carbocycles. The quantitative estimate of drug-likeness (QED) is 0.505. The van der Waals surface area contributed by atoms with Gasteiger partial charge in [-0.1, -0.05) is 5.98 Å². The molecule has 0 saturated carbocycles. The normalized spacial score (nSPS) is 14.2. The number of furan rings is 1. The van der Waals surface area contributed by atoms with E-state index in [4.69, 9.17) is 4.42 Å². The number of hydrogen-bond acceptors (Lipinski definition) is 3. The highest BCUT2D eigenvalue weighted by Crippen LogP contribution is 2.20. The Hall–Kier alpha value is -2.56. The zero-order valence-electron chi connectivity index (χ0n) is 13.9. The second-order valence-corrected chi connectivity index (χ2v) is 6.24. The van der Waals surface area contributed by atoms with Crippen molar-refractivity contribution in [2.75, 3.05) is 4.81 Å². The lowest BCUT2D eigenvalue weighted by Gasteiger charge is -2.23. The molecule has 0 fully saturated rings. The Morgan fingerprint density at radius 2 is 2.04 bits per heavy atom. The maximum absolute atomic E-state index is 6.04. The first-order valence-electron chi connectivity index (χ1n) is 7.88. The van der Waals surface area contributed by atoms with Crippen molar-refractivity contribution in [1.29, 1.82) is 0 Å². The zero-order valence-corrected chi connectivity index (χ0v) is 13.9. The molecule has 0 atom stereocenters. The average molecular weight is 304 g/mol. The Morgan fingerprint density at radius 3 is 2.83 bits per heavy atom. The Balaban J connectivity index is 2.01. The van der Waals surface area contributed by atoms with Crippen molar-refractivity contribution in [3.05, 3.63) is 52.9 Å². The Morgan fingerprint density at radius 1 is 1.22 bits per heavy atom. The van der Waals surface area contributed by atoms with Crippen LogP contribution in [0.1, 0.15) is 12.5 Å². The summed E-state index contributed by atoms with van der Waals surface area (Å²) in [5.41, 5.74) is 3.98. The molecule has 0 spiro atoms. The van der Waals surface area contributed by atoms with E-state index in [1.54, 1.807) is 6.20 Å². The monoisotopic (exact) mass is 304 g/mol. The van der Waals surface area contributed by atoms with Crippen LogP contribution in [0.4, 0.5) is 5.82 Å². The smallest absolute Gasteiger partial charge is 0.402 e. The number of rotatable bonds is 1. The number of pyridine rings is 2. The molecule has 3 aromatic rings. The predicted octanol–water partition coefficient (Wildman–Crippen LogP) is 1.55. The van der Waals surface area contributed by atoms with E-state index in [0.717, 1.165) is 27.5 Å². The fourth-order valence-electron chi connectivity index (χ4n) is 3.48. The first-order valence-corrected chi connectivity index (χ1v) is 7.88. The van der Waals surface area contributed by atoms with Gasteiger partial charge < -0.3 is 4.42 Å². The number of nitrogens with zero attached hydrogens (tertiary/aromatic N) is 3. The van der Waals surface area contributed by atoms with E-state index in [0.29, 0.717) is 5.71 Å². The first-order chi connectivity index (χ1) is 11.1. The zero-order chi connectivity index (χ0) is 16.1. The Labute approximate surface area is 135 Å². The van der Waals surface area contributed by atoms with E-state index in [2.05, 4.69) is 72.5 Å². The second kappa shape index (κ2) is 4.98. The number of hydrogen-bond donors (Lipinski definition) is 0. The van der Waals surface area contributed by atoms with Crippen LogP contribution in [0.15, 0.2) is 41.1 Å². The van der Waals surface area contributed by atoms with Crippen molar-refractivity contribution in [3.63, 3.8) is 0 Å². The molecule has 0 saturated heterocycles. The average Bonchev–Trinajstić information content (AvgIpc) is 2.88. The van der Waals surface area contributed by atoms with E-state index in [-0.39, 0.29) is 6.85 Å². The van der Waals surface area contributed by atoms with Gasteiger partial charge in [0.05, 0.1) is 13.2 Å². The summed E-state index contributed by atoms with van der Waals surface area (Å²) in [4.78, 5) is 6.66. The van der Waals surface area contributed by atoms with Gasteiger partial charge in [0.2, 0.25) is 5.71 Å². The summed E-state index contributed by atoms with van der Waals surface area (Å²) in [5, 5.41) is 2.24. The van der Waals surface area contributed by atoms with Gasteiger partial charge in [0.25, 0.3) is 5.82 Å². The molecule has 0 aliphatic carbocycles. The number of anilines is 1. The van der Waals surface area contributed by atoms with Crippen molar-refractivity contribution in [1.82, 2.24) is 4.98 Å². The summed E-state index contributed by atoms with van der Waals surface area (Å²) >= 11 is 0. The SMILES string of the molecule is CB1C=c2c(oc3ncccc23)=C(C)N1c1ccc(C)c[n+]1C. The maximum atomic E-state index is 6.04. The number of fused-ring (bicyclic) bond motifs is 3. The fourth-order valence-corrected chi connectivity index (χ4v) is 3.48. The molecule has 4 rings (SSSR count). The van der Waals surface area contributed by atoms with Crippen molar-refractivity contribution >= 4 is 35.4 Å². The van der Waals surface area contributed by atoms with Crippen LogP contribution in [0.3, 0.4) is 0 Å². The van der Waals surface area contributed by atoms with E-state index in [1.165, 1.54) is 5.56 Å². The molecular weight excluding hydrogens is 285 g/mol. The maximum Gasteiger partial charge on any atom is 0.402 e. The minimum absolute atomic E-state index is 0.248. The Kier molecular flexibility index (Phi) is 3.05. The summed E-state index contributed by atoms with van der Waals surface area (Å²) in [6, 6.07) is 8.33. The summed E-state index contributed by atoms with van der Waals surface area (Å²) in [7, 11) is 2.08. The summed E-state index contributed by atoms with van der Waals surface area (Å²) in [6.45, 7) is 6.68. The predicted molar refractivity (Wildman–Crippen MR) is 93.3 cm³/mol. The highest BCUT2D eigenvalue weighted by atomic mass is 16.3. The van der Waals surface area contributed by atoms with Gasteiger partial charge >= 0.3 is 6.85 Å². The highest BCUT2D eigenvalue weighted by molar-refractivity contribution is 6.77. The minimum Gasteiger partial charge on any atom is -0.434 e. The van der Waals surface area contributed by atoms with E-state index in [9.17, 15) is 0 Å². The lowest BCUT2D eigenvalue weighted by Crippen LogP contribution is -2.50. The van der Waals surface area contributed by atoms with Gasteiger partial charge in [0.1, 0.15) is 5.70 Å².